The second-order valence-corrected chi connectivity index (χ2v) is 7.67. The summed E-state index contributed by atoms with van der Waals surface area (Å²) in [6.45, 7) is 3.04. The van der Waals surface area contributed by atoms with Crippen LogP contribution in [0.1, 0.15) is 24.1 Å². The lowest BCUT2D eigenvalue weighted by Gasteiger charge is -2.31. The maximum absolute atomic E-state index is 13.8. The number of carbonyl (C=O) groups excluding carboxylic acids is 1. The van der Waals surface area contributed by atoms with E-state index in [-0.39, 0.29) is 23.9 Å². The fraction of sp³-hybridized carbons (Fsp3) is 0.348. The van der Waals surface area contributed by atoms with Crippen LogP contribution in [0.2, 0.25) is 0 Å². The molecule has 0 aliphatic carbocycles. The third-order valence-electron chi connectivity index (χ3n) is 5.73. The van der Waals surface area contributed by atoms with Gasteiger partial charge in [-0.3, -0.25) is 4.79 Å². The molecular weight excluding hydrogens is 402 g/mol. The Hall–Kier alpha value is -3.29. The monoisotopic (exact) mass is 426 g/mol. The minimum absolute atomic E-state index is 0.122. The molecular formula is C23H24F2N4O2. The Morgan fingerprint density at radius 2 is 1.87 bits per heavy atom. The molecule has 1 fully saturated rings. The van der Waals surface area contributed by atoms with E-state index < -0.39 is 11.6 Å². The smallest absolute Gasteiger partial charge is 0.226 e. The zero-order chi connectivity index (χ0) is 22.0. The van der Waals surface area contributed by atoms with Crippen molar-refractivity contribution in [2.45, 2.75) is 26.3 Å². The third kappa shape index (κ3) is 4.42. The highest BCUT2D eigenvalue weighted by molar-refractivity contribution is 5.83. The van der Waals surface area contributed by atoms with Gasteiger partial charge in [0.1, 0.15) is 17.4 Å². The zero-order valence-corrected chi connectivity index (χ0v) is 17.5. The summed E-state index contributed by atoms with van der Waals surface area (Å²) in [6, 6.07) is 9.39. The molecule has 1 aliphatic rings. The van der Waals surface area contributed by atoms with Crippen LogP contribution in [-0.2, 0) is 11.3 Å². The molecule has 0 saturated carbocycles. The maximum Gasteiger partial charge on any atom is 0.226 e. The van der Waals surface area contributed by atoms with Crippen LogP contribution in [0, 0.1) is 24.5 Å². The number of halogens is 2. The lowest BCUT2D eigenvalue weighted by Crippen LogP contribution is -2.41. The number of carbonyl (C=O) groups is 1. The van der Waals surface area contributed by atoms with E-state index in [2.05, 4.69) is 20.2 Å². The van der Waals surface area contributed by atoms with Crippen LogP contribution in [-0.4, -0.2) is 36.1 Å². The Balaban J connectivity index is 1.39. The van der Waals surface area contributed by atoms with Crippen molar-refractivity contribution < 1.29 is 18.3 Å². The van der Waals surface area contributed by atoms with Crippen molar-refractivity contribution in [3.05, 3.63) is 59.3 Å². The van der Waals surface area contributed by atoms with E-state index in [1.807, 2.05) is 25.1 Å². The molecule has 1 aromatic heterocycles. The van der Waals surface area contributed by atoms with Crippen LogP contribution in [0.25, 0.3) is 10.9 Å². The summed E-state index contributed by atoms with van der Waals surface area (Å²) in [5.74, 6) is -0.356. The molecule has 0 spiro atoms. The van der Waals surface area contributed by atoms with Gasteiger partial charge >= 0.3 is 0 Å². The molecule has 1 N–H and O–H groups in total. The summed E-state index contributed by atoms with van der Waals surface area (Å²) in [4.78, 5) is 23.9. The first-order valence-electron chi connectivity index (χ1n) is 10.2. The Kier molecular flexibility index (Phi) is 5.97. The van der Waals surface area contributed by atoms with Gasteiger partial charge < -0.3 is 15.0 Å². The number of ether oxygens (including phenoxy) is 1. The lowest BCUT2D eigenvalue weighted by molar-refractivity contribution is -0.125. The Morgan fingerprint density at radius 3 is 2.55 bits per heavy atom. The molecule has 1 saturated heterocycles. The van der Waals surface area contributed by atoms with Crippen LogP contribution < -0.4 is 15.0 Å². The topological polar surface area (TPSA) is 67.3 Å². The number of piperidine rings is 1. The molecule has 6 nitrogen and oxygen atoms in total. The molecule has 0 atom stereocenters. The van der Waals surface area contributed by atoms with Crippen molar-refractivity contribution in [2.75, 3.05) is 25.1 Å². The number of hydrogen-bond acceptors (Lipinski definition) is 5. The predicted octanol–water partition coefficient (Wildman–Crippen LogP) is 3.76. The van der Waals surface area contributed by atoms with Crippen molar-refractivity contribution in [1.29, 1.82) is 0 Å². The van der Waals surface area contributed by atoms with Gasteiger partial charge in [0.05, 0.1) is 18.3 Å². The number of benzene rings is 2. The average molecular weight is 426 g/mol. The summed E-state index contributed by atoms with van der Waals surface area (Å²) in [5.41, 5.74) is 1.58. The lowest BCUT2D eigenvalue weighted by atomic mass is 9.96. The number of aryl methyl sites for hydroxylation is 1. The van der Waals surface area contributed by atoms with E-state index >= 15 is 0 Å². The summed E-state index contributed by atoms with van der Waals surface area (Å²) in [7, 11) is 1.62. The summed E-state index contributed by atoms with van der Waals surface area (Å²) in [6.07, 6.45) is 1.23. The van der Waals surface area contributed by atoms with E-state index in [9.17, 15) is 13.6 Å². The van der Waals surface area contributed by atoms with Gasteiger partial charge in [-0.05, 0) is 44.0 Å². The van der Waals surface area contributed by atoms with Crippen molar-refractivity contribution >= 4 is 22.8 Å². The van der Waals surface area contributed by atoms with Crippen molar-refractivity contribution in [3.8, 4) is 5.75 Å². The molecule has 3 aromatic rings. The van der Waals surface area contributed by atoms with Gasteiger partial charge in [0.2, 0.25) is 11.9 Å². The molecule has 31 heavy (non-hydrogen) atoms. The predicted molar refractivity (Wildman–Crippen MR) is 114 cm³/mol. The average Bonchev–Trinajstić information content (AvgIpc) is 2.78. The largest absolute Gasteiger partial charge is 0.497 e. The molecule has 0 unspecified atom stereocenters. The summed E-state index contributed by atoms with van der Waals surface area (Å²) < 4.78 is 32.8. The quantitative estimate of drug-likeness (QED) is 0.673. The van der Waals surface area contributed by atoms with Gasteiger partial charge in [-0.15, -0.1) is 0 Å². The van der Waals surface area contributed by atoms with Crippen LogP contribution in [0.15, 0.2) is 36.4 Å². The number of methoxy groups -OCH3 is 1. The maximum atomic E-state index is 13.8. The highest BCUT2D eigenvalue weighted by Gasteiger charge is 2.27. The molecule has 2 heterocycles. The van der Waals surface area contributed by atoms with E-state index in [1.54, 1.807) is 7.11 Å². The van der Waals surface area contributed by atoms with Gasteiger partial charge in [-0.25, -0.2) is 18.7 Å². The van der Waals surface area contributed by atoms with Crippen molar-refractivity contribution in [2.24, 2.45) is 5.92 Å². The van der Waals surface area contributed by atoms with Gasteiger partial charge in [-0.2, -0.15) is 0 Å². The highest BCUT2D eigenvalue weighted by Crippen LogP contribution is 2.26. The minimum atomic E-state index is -0.657. The van der Waals surface area contributed by atoms with E-state index in [0.717, 1.165) is 22.3 Å². The fourth-order valence-corrected chi connectivity index (χ4v) is 3.88. The van der Waals surface area contributed by atoms with Crippen LogP contribution in [0.4, 0.5) is 14.7 Å². The van der Waals surface area contributed by atoms with E-state index in [4.69, 9.17) is 4.74 Å². The van der Waals surface area contributed by atoms with E-state index in [1.165, 1.54) is 18.2 Å². The van der Waals surface area contributed by atoms with Crippen LogP contribution >= 0.6 is 0 Å². The zero-order valence-electron chi connectivity index (χ0n) is 17.5. The van der Waals surface area contributed by atoms with Gasteiger partial charge in [0, 0.05) is 42.6 Å². The number of aromatic nitrogens is 2. The molecule has 2 aromatic carbocycles. The molecule has 8 heteroatoms. The number of nitrogens with zero attached hydrogens (tertiary/aromatic N) is 3. The molecule has 0 radical (unpaired) electrons. The minimum Gasteiger partial charge on any atom is -0.497 e. The Bertz CT molecular complexity index is 1090. The van der Waals surface area contributed by atoms with Crippen molar-refractivity contribution in [1.82, 2.24) is 15.3 Å². The molecule has 162 valence electrons. The Labute approximate surface area is 179 Å². The number of anilines is 1. The first-order valence-corrected chi connectivity index (χ1v) is 10.2. The number of amides is 1. The third-order valence-corrected chi connectivity index (χ3v) is 5.73. The standard InChI is InChI=1S/C23H24F2N4O2/c1-14-17-7-6-16(31-2)12-21(17)28-23(27-14)29-10-8-15(9-11-29)22(30)26-13-18-19(24)4-3-5-20(18)25/h3-7,12,15H,8-11,13H2,1-2H3,(H,26,30). The highest BCUT2D eigenvalue weighted by atomic mass is 19.1. The number of nitrogens with one attached hydrogen (secondary N) is 1. The number of rotatable bonds is 5. The fourth-order valence-electron chi connectivity index (χ4n) is 3.88. The molecule has 4 rings (SSSR count). The SMILES string of the molecule is COc1ccc2c(C)nc(N3CCC(C(=O)NCc4c(F)cccc4F)CC3)nc2c1. The molecule has 1 aliphatic heterocycles. The first-order chi connectivity index (χ1) is 15.0. The molecule has 0 bridgehead atoms. The van der Waals surface area contributed by atoms with Gasteiger partial charge in [0.15, 0.2) is 0 Å². The van der Waals surface area contributed by atoms with Gasteiger partial charge in [0.25, 0.3) is 0 Å². The van der Waals surface area contributed by atoms with E-state index in [0.29, 0.717) is 31.9 Å². The first kappa shape index (κ1) is 21.0. The summed E-state index contributed by atoms with van der Waals surface area (Å²) in [5, 5.41) is 3.64. The van der Waals surface area contributed by atoms with Crippen LogP contribution in [0.5, 0.6) is 5.75 Å². The second kappa shape index (κ2) is 8.83. The second-order valence-electron chi connectivity index (χ2n) is 7.67. The van der Waals surface area contributed by atoms with Crippen molar-refractivity contribution in [3.63, 3.8) is 0 Å². The Morgan fingerprint density at radius 1 is 1.16 bits per heavy atom. The van der Waals surface area contributed by atoms with Gasteiger partial charge in [-0.1, -0.05) is 6.07 Å². The number of fused-ring (bicyclic) bond motifs is 1. The summed E-state index contributed by atoms with van der Waals surface area (Å²) >= 11 is 0. The van der Waals surface area contributed by atoms with Crippen LogP contribution in [0.3, 0.4) is 0 Å². The molecule has 1 amide bonds. The number of hydrogen-bond donors (Lipinski definition) is 1. The normalized spacial score (nSPS) is 14.6.